The van der Waals surface area contributed by atoms with E-state index in [0.29, 0.717) is 22.6 Å². The third-order valence-corrected chi connectivity index (χ3v) is 7.17. The summed E-state index contributed by atoms with van der Waals surface area (Å²) in [5.74, 6) is 1.97. The van der Waals surface area contributed by atoms with Gasteiger partial charge in [-0.1, -0.05) is 6.07 Å². The molecule has 4 aromatic heterocycles. The van der Waals surface area contributed by atoms with E-state index < -0.39 is 0 Å². The molecule has 0 spiro atoms. The number of aromatic nitrogens is 7. The molecule has 0 unspecified atom stereocenters. The van der Waals surface area contributed by atoms with Crippen LogP contribution in [0.1, 0.15) is 48.6 Å². The minimum atomic E-state index is -0.145. The predicted molar refractivity (Wildman–Crippen MR) is 133 cm³/mol. The van der Waals surface area contributed by atoms with Crippen LogP contribution in [0, 0.1) is 6.92 Å². The van der Waals surface area contributed by atoms with E-state index in [9.17, 15) is 4.79 Å². The molecule has 1 aromatic carbocycles. The molecule has 0 saturated heterocycles. The van der Waals surface area contributed by atoms with Crippen LogP contribution < -0.4 is 5.56 Å². The largest absolute Gasteiger partial charge is 0.327 e. The molecule has 0 bridgehead atoms. The molecular weight excluding hydrogens is 438 g/mol. The van der Waals surface area contributed by atoms with Gasteiger partial charge in [-0.2, -0.15) is 0 Å². The van der Waals surface area contributed by atoms with Gasteiger partial charge in [-0.15, -0.1) is 0 Å². The molecule has 1 fully saturated rings. The Labute approximate surface area is 202 Å². The summed E-state index contributed by atoms with van der Waals surface area (Å²) in [6, 6.07) is 9.60. The van der Waals surface area contributed by atoms with Gasteiger partial charge in [0.25, 0.3) is 5.56 Å². The summed E-state index contributed by atoms with van der Waals surface area (Å²) in [6.45, 7) is 2.99. The Hall–Kier alpha value is -4.07. The number of imidazole rings is 2. The van der Waals surface area contributed by atoms with Crippen molar-refractivity contribution in [1.29, 1.82) is 0 Å². The lowest BCUT2D eigenvalue weighted by atomic mass is 10.1. The maximum atomic E-state index is 13.6. The van der Waals surface area contributed by atoms with Crippen LogP contribution in [0.2, 0.25) is 0 Å². The molecule has 1 aliphatic heterocycles. The third kappa shape index (κ3) is 3.39. The molecule has 7 rings (SSSR count). The monoisotopic (exact) mass is 463 g/mol. The van der Waals surface area contributed by atoms with Gasteiger partial charge in [0.1, 0.15) is 17.8 Å². The summed E-state index contributed by atoms with van der Waals surface area (Å²) in [4.78, 5) is 32.2. The van der Waals surface area contributed by atoms with Crippen molar-refractivity contribution in [3.8, 4) is 23.0 Å². The molecule has 1 saturated carbocycles. The lowest BCUT2D eigenvalue weighted by Gasteiger charge is -2.16. The van der Waals surface area contributed by atoms with Gasteiger partial charge < -0.3 is 9.13 Å². The average molecular weight is 464 g/mol. The number of rotatable bonds is 4. The molecule has 0 atom stereocenters. The van der Waals surface area contributed by atoms with Crippen LogP contribution in [-0.2, 0) is 13.0 Å². The Morgan fingerprint density at radius 2 is 1.94 bits per heavy atom. The minimum absolute atomic E-state index is 0.145. The first-order valence-electron chi connectivity index (χ1n) is 12.2. The van der Waals surface area contributed by atoms with Crippen LogP contribution in [0.15, 0.2) is 60.2 Å². The number of benzene rings is 1. The van der Waals surface area contributed by atoms with Gasteiger partial charge in [-0.25, -0.2) is 19.9 Å². The number of hydrogen-bond acceptors (Lipinski definition) is 5. The smallest absolute Gasteiger partial charge is 0.267 e. The first-order valence-corrected chi connectivity index (χ1v) is 12.2. The Balaban J connectivity index is 1.32. The summed E-state index contributed by atoms with van der Waals surface area (Å²) < 4.78 is 5.78. The number of hydrogen-bond donors (Lipinski definition) is 0. The highest BCUT2D eigenvalue weighted by molar-refractivity contribution is 5.81. The van der Waals surface area contributed by atoms with Crippen LogP contribution >= 0.6 is 0 Å². The van der Waals surface area contributed by atoms with Crippen molar-refractivity contribution in [2.45, 2.75) is 51.5 Å². The third-order valence-electron chi connectivity index (χ3n) is 7.17. The van der Waals surface area contributed by atoms with E-state index in [1.54, 1.807) is 6.33 Å². The van der Waals surface area contributed by atoms with Crippen LogP contribution in [0.25, 0.3) is 33.9 Å². The highest BCUT2D eigenvalue weighted by Gasteiger charge is 2.26. The number of nitrogens with zero attached hydrogens (tertiary/aromatic N) is 7. The van der Waals surface area contributed by atoms with Gasteiger partial charge in [-0.3, -0.25) is 9.36 Å². The fraction of sp³-hybridized carbons (Fsp3) is 0.296. The zero-order valence-corrected chi connectivity index (χ0v) is 19.6. The lowest BCUT2D eigenvalue weighted by molar-refractivity contribution is 0.536. The highest BCUT2D eigenvalue weighted by atomic mass is 16.1. The maximum absolute atomic E-state index is 13.6. The van der Waals surface area contributed by atoms with Crippen LogP contribution in [0.5, 0.6) is 0 Å². The van der Waals surface area contributed by atoms with Crippen molar-refractivity contribution in [2.24, 2.45) is 0 Å². The van der Waals surface area contributed by atoms with E-state index in [1.807, 2.05) is 54.3 Å². The van der Waals surface area contributed by atoms with Crippen molar-refractivity contribution in [3.05, 3.63) is 82.7 Å². The molecule has 0 amide bonds. The zero-order valence-electron chi connectivity index (χ0n) is 19.6. The Bertz CT molecular complexity index is 1650. The maximum Gasteiger partial charge on any atom is 0.267 e. The predicted octanol–water partition coefficient (Wildman–Crippen LogP) is 4.35. The first-order chi connectivity index (χ1) is 17.2. The van der Waals surface area contributed by atoms with Gasteiger partial charge in [-0.05, 0) is 68.9 Å². The molecule has 35 heavy (non-hydrogen) atoms. The second kappa shape index (κ2) is 7.73. The molecule has 8 nitrogen and oxygen atoms in total. The van der Waals surface area contributed by atoms with Crippen molar-refractivity contribution < 1.29 is 0 Å². The molecule has 0 N–H and O–H groups in total. The standard InChI is InChI=1S/C27H25N7O/c1-17-11-22-20(12-24(17)32-14-23(29-15-32)18-8-9-18)27(35)34(16-30-22)25-7-4-6-21(31-25)26-28-13-19-5-2-3-10-33(19)26/h4,6-7,11-16,18H,2-3,5,8-10H2,1H3. The molecule has 8 heteroatoms. The number of aryl methyl sites for hydroxylation is 2. The Kier molecular flexibility index (Phi) is 4.49. The Morgan fingerprint density at radius 3 is 2.83 bits per heavy atom. The summed E-state index contributed by atoms with van der Waals surface area (Å²) >= 11 is 0. The fourth-order valence-corrected chi connectivity index (χ4v) is 5.09. The molecule has 0 radical (unpaired) electrons. The van der Waals surface area contributed by atoms with Crippen LogP contribution in [-0.4, -0.2) is 33.6 Å². The number of pyridine rings is 1. The lowest BCUT2D eigenvalue weighted by Crippen LogP contribution is -2.20. The first kappa shape index (κ1) is 20.3. The van der Waals surface area contributed by atoms with E-state index in [2.05, 4.69) is 25.7 Å². The Morgan fingerprint density at radius 1 is 1.03 bits per heavy atom. The summed E-state index contributed by atoms with van der Waals surface area (Å²) in [7, 11) is 0. The topological polar surface area (TPSA) is 83.4 Å². The van der Waals surface area contributed by atoms with Crippen molar-refractivity contribution in [3.63, 3.8) is 0 Å². The van der Waals surface area contributed by atoms with Crippen molar-refractivity contribution in [1.82, 2.24) is 33.6 Å². The van der Waals surface area contributed by atoms with E-state index in [1.165, 1.54) is 29.5 Å². The minimum Gasteiger partial charge on any atom is -0.327 e. The molecule has 174 valence electrons. The van der Waals surface area contributed by atoms with Crippen molar-refractivity contribution >= 4 is 10.9 Å². The fourth-order valence-electron chi connectivity index (χ4n) is 5.09. The van der Waals surface area contributed by atoms with Crippen LogP contribution in [0.3, 0.4) is 0 Å². The normalized spacial score (nSPS) is 15.5. The highest BCUT2D eigenvalue weighted by Crippen LogP contribution is 2.39. The van der Waals surface area contributed by atoms with Crippen LogP contribution in [0.4, 0.5) is 0 Å². The molecule has 5 aromatic rings. The second-order valence-corrected chi connectivity index (χ2v) is 9.62. The van der Waals surface area contributed by atoms with Gasteiger partial charge in [0, 0.05) is 30.6 Å². The van der Waals surface area contributed by atoms with E-state index >= 15 is 0 Å². The molecular formula is C27H25N7O. The summed E-state index contributed by atoms with van der Waals surface area (Å²) in [6.07, 6.45) is 13.2. The van der Waals surface area contributed by atoms with Crippen molar-refractivity contribution in [2.75, 3.05) is 0 Å². The van der Waals surface area contributed by atoms with Gasteiger partial charge in [0.2, 0.25) is 0 Å². The summed E-state index contributed by atoms with van der Waals surface area (Å²) in [5.41, 5.74) is 5.65. The van der Waals surface area contributed by atoms with E-state index in [0.717, 1.165) is 47.8 Å². The number of fused-ring (bicyclic) bond motifs is 2. The molecule has 2 aliphatic rings. The van der Waals surface area contributed by atoms with Gasteiger partial charge in [0.15, 0.2) is 5.82 Å². The quantitative estimate of drug-likeness (QED) is 0.396. The summed E-state index contributed by atoms with van der Waals surface area (Å²) in [5, 5.41) is 0.556. The van der Waals surface area contributed by atoms with Gasteiger partial charge >= 0.3 is 0 Å². The van der Waals surface area contributed by atoms with Gasteiger partial charge in [0.05, 0.1) is 28.6 Å². The SMILES string of the molecule is Cc1cc2ncn(-c3cccc(-c4ncc5n4CCCC5)n3)c(=O)c2cc1-n1cnc(C2CC2)c1. The van der Waals surface area contributed by atoms with E-state index in [4.69, 9.17) is 4.98 Å². The molecule has 1 aliphatic carbocycles. The van der Waals surface area contributed by atoms with E-state index in [-0.39, 0.29) is 5.56 Å². The second-order valence-electron chi connectivity index (χ2n) is 9.62. The zero-order chi connectivity index (χ0) is 23.5. The average Bonchev–Trinajstić information content (AvgIpc) is 3.45. The molecule has 5 heterocycles.